The second-order valence-electron chi connectivity index (χ2n) is 4.30. The summed E-state index contributed by atoms with van der Waals surface area (Å²) >= 11 is 1.82. The molecule has 1 heterocycles. The first-order valence-corrected chi connectivity index (χ1v) is 6.85. The maximum Gasteiger partial charge on any atom is 0.323 e. The molecule has 92 valence electrons. The first-order valence-electron chi connectivity index (χ1n) is 5.86. The highest BCUT2D eigenvalue weighted by Gasteiger charge is 2.26. The van der Waals surface area contributed by atoms with Crippen LogP contribution in [0.25, 0.3) is 0 Å². The van der Waals surface area contributed by atoms with Gasteiger partial charge in [0.1, 0.15) is 6.54 Å². The monoisotopic (exact) mass is 251 g/mol. The van der Waals surface area contributed by atoms with Crippen LogP contribution in [0.15, 0.2) is 23.1 Å². The molecule has 1 N–H and O–H groups in total. The highest BCUT2D eigenvalue weighted by atomic mass is 32.2. The number of benzene rings is 1. The van der Waals surface area contributed by atoms with Crippen LogP contribution in [0.5, 0.6) is 0 Å². The quantitative estimate of drug-likeness (QED) is 0.896. The molecule has 4 heteroatoms. The molecule has 1 aliphatic heterocycles. The van der Waals surface area contributed by atoms with Crippen LogP contribution in [0.2, 0.25) is 0 Å². The Balaban J connectivity index is 2.44. The number of rotatable bonds is 3. The molecule has 0 spiro atoms. The molecule has 0 aliphatic carbocycles. The summed E-state index contributed by atoms with van der Waals surface area (Å²) in [5, 5.41) is 9.02. The number of anilines is 1. The van der Waals surface area contributed by atoms with Crippen molar-refractivity contribution in [3.8, 4) is 0 Å². The van der Waals surface area contributed by atoms with Crippen LogP contribution in [-0.4, -0.2) is 29.4 Å². The largest absolute Gasteiger partial charge is 0.480 e. The molecule has 1 atom stereocenters. The number of hydrogen-bond acceptors (Lipinski definition) is 3. The molecule has 1 aromatic carbocycles. The van der Waals surface area contributed by atoms with Crippen molar-refractivity contribution in [2.75, 3.05) is 17.2 Å². The van der Waals surface area contributed by atoms with Crippen molar-refractivity contribution in [3.05, 3.63) is 23.8 Å². The Kier molecular flexibility index (Phi) is 3.62. The van der Waals surface area contributed by atoms with E-state index in [-0.39, 0.29) is 12.6 Å². The smallest absolute Gasteiger partial charge is 0.323 e. The Morgan fingerprint density at radius 2 is 2.35 bits per heavy atom. The third kappa shape index (κ3) is 2.41. The number of hydrogen-bond donors (Lipinski definition) is 1. The van der Waals surface area contributed by atoms with E-state index in [1.807, 2.05) is 16.7 Å². The van der Waals surface area contributed by atoms with Crippen molar-refractivity contribution in [2.45, 2.75) is 31.2 Å². The van der Waals surface area contributed by atoms with Crippen molar-refractivity contribution in [3.63, 3.8) is 0 Å². The predicted octanol–water partition coefficient (Wildman–Crippen LogP) is 2.63. The van der Waals surface area contributed by atoms with E-state index in [2.05, 4.69) is 32.0 Å². The number of nitrogens with zero attached hydrogens (tertiary/aromatic N) is 1. The SMILES string of the molecule is CCc1cccc2c1N(CC(=O)O)C(C)CS2. The van der Waals surface area contributed by atoms with Gasteiger partial charge in [0.25, 0.3) is 0 Å². The predicted molar refractivity (Wildman–Crippen MR) is 71.0 cm³/mol. The minimum atomic E-state index is -0.763. The molecule has 0 bridgehead atoms. The van der Waals surface area contributed by atoms with E-state index in [1.165, 1.54) is 10.5 Å². The molecule has 0 aromatic heterocycles. The highest BCUT2D eigenvalue weighted by molar-refractivity contribution is 7.99. The summed E-state index contributed by atoms with van der Waals surface area (Å²) in [6, 6.07) is 6.50. The van der Waals surface area contributed by atoms with Crippen LogP contribution < -0.4 is 4.90 Å². The zero-order chi connectivity index (χ0) is 12.4. The van der Waals surface area contributed by atoms with Crippen molar-refractivity contribution in [2.24, 2.45) is 0 Å². The van der Waals surface area contributed by atoms with Gasteiger partial charge in [0.05, 0.1) is 5.69 Å². The van der Waals surface area contributed by atoms with Crippen molar-refractivity contribution in [1.82, 2.24) is 0 Å². The van der Waals surface area contributed by atoms with Gasteiger partial charge >= 0.3 is 5.97 Å². The van der Waals surface area contributed by atoms with Crippen LogP contribution in [0.1, 0.15) is 19.4 Å². The first-order chi connectivity index (χ1) is 8.13. The Morgan fingerprint density at radius 3 is 3.00 bits per heavy atom. The lowest BCUT2D eigenvalue weighted by Crippen LogP contribution is -2.41. The van der Waals surface area contributed by atoms with E-state index in [1.54, 1.807) is 0 Å². The van der Waals surface area contributed by atoms with Gasteiger partial charge in [0, 0.05) is 16.7 Å². The fourth-order valence-corrected chi connectivity index (χ4v) is 3.36. The molecule has 0 fully saturated rings. The van der Waals surface area contributed by atoms with E-state index in [0.717, 1.165) is 17.9 Å². The molecule has 2 rings (SSSR count). The van der Waals surface area contributed by atoms with Crippen LogP contribution >= 0.6 is 11.8 Å². The molecule has 1 aliphatic rings. The van der Waals surface area contributed by atoms with Crippen molar-refractivity contribution >= 4 is 23.4 Å². The number of carboxylic acid groups (broad SMARTS) is 1. The minimum Gasteiger partial charge on any atom is -0.480 e. The van der Waals surface area contributed by atoms with Gasteiger partial charge < -0.3 is 10.0 Å². The lowest BCUT2D eigenvalue weighted by atomic mass is 10.1. The van der Waals surface area contributed by atoms with Gasteiger partial charge in [-0.1, -0.05) is 19.1 Å². The molecule has 17 heavy (non-hydrogen) atoms. The molecule has 1 aromatic rings. The molecule has 0 saturated carbocycles. The van der Waals surface area contributed by atoms with Gasteiger partial charge in [-0.15, -0.1) is 11.8 Å². The molecule has 0 saturated heterocycles. The second-order valence-corrected chi connectivity index (χ2v) is 5.36. The Hall–Kier alpha value is -1.16. The maximum absolute atomic E-state index is 11.0. The van der Waals surface area contributed by atoms with E-state index >= 15 is 0 Å². The first kappa shape index (κ1) is 12.3. The van der Waals surface area contributed by atoms with Crippen LogP contribution in [0.4, 0.5) is 5.69 Å². The number of aliphatic carboxylic acids is 1. The van der Waals surface area contributed by atoms with Gasteiger partial charge in [-0.05, 0) is 25.0 Å². The molecular weight excluding hydrogens is 234 g/mol. The normalized spacial score (nSPS) is 18.9. The highest BCUT2D eigenvalue weighted by Crippen LogP contribution is 2.39. The summed E-state index contributed by atoms with van der Waals surface area (Å²) < 4.78 is 0. The number of thioether (sulfide) groups is 1. The van der Waals surface area contributed by atoms with E-state index in [9.17, 15) is 4.79 Å². The van der Waals surface area contributed by atoms with Gasteiger partial charge in [-0.2, -0.15) is 0 Å². The number of carboxylic acids is 1. The van der Waals surface area contributed by atoms with Gasteiger partial charge in [0.2, 0.25) is 0 Å². The third-order valence-corrected chi connectivity index (χ3v) is 4.36. The van der Waals surface area contributed by atoms with Gasteiger partial charge in [0.15, 0.2) is 0 Å². The summed E-state index contributed by atoms with van der Waals surface area (Å²) in [7, 11) is 0. The summed E-state index contributed by atoms with van der Waals surface area (Å²) in [5.41, 5.74) is 2.36. The third-order valence-electron chi connectivity index (χ3n) is 3.07. The van der Waals surface area contributed by atoms with E-state index in [0.29, 0.717) is 0 Å². The van der Waals surface area contributed by atoms with Crippen molar-refractivity contribution < 1.29 is 9.90 Å². The second kappa shape index (κ2) is 5.00. The minimum absolute atomic E-state index is 0.0890. The fraction of sp³-hybridized carbons (Fsp3) is 0.462. The Bertz CT molecular complexity index is 419. The Labute approximate surface area is 106 Å². The average molecular weight is 251 g/mol. The lowest BCUT2D eigenvalue weighted by Gasteiger charge is -2.37. The summed E-state index contributed by atoms with van der Waals surface area (Å²) in [4.78, 5) is 14.2. The molecular formula is C13H17NO2S. The van der Waals surface area contributed by atoms with Crippen LogP contribution in [0, 0.1) is 0 Å². The van der Waals surface area contributed by atoms with Gasteiger partial charge in [-0.3, -0.25) is 4.79 Å². The maximum atomic E-state index is 11.0. The molecule has 0 radical (unpaired) electrons. The lowest BCUT2D eigenvalue weighted by molar-refractivity contribution is -0.135. The molecule has 1 unspecified atom stereocenters. The standard InChI is InChI=1S/C13H17NO2S/c1-3-10-5-4-6-11-13(10)14(7-12(15)16)9(2)8-17-11/h4-6,9H,3,7-8H2,1-2H3,(H,15,16). The fourth-order valence-electron chi connectivity index (χ4n) is 2.20. The van der Waals surface area contributed by atoms with Crippen LogP contribution in [-0.2, 0) is 11.2 Å². The number of para-hydroxylation sites is 1. The van der Waals surface area contributed by atoms with Crippen molar-refractivity contribution in [1.29, 1.82) is 0 Å². The number of carbonyl (C=O) groups is 1. The topological polar surface area (TPSA) is 40.5 Å². The number of aryl methyl sites for hydroxylation is 1. The molecule has 0 amide bonds. The van der Waals surface area contributed by atoms with Crippen LogP contribution in [0.3, 0.4) is 0 Å². The Morgan fingerprint density at radius 1 is 1.59 bits per heavy atom. The zero-order valence-electron chi connectivity index (χ0n) is 10.1. The number of fused-ring (bicyclic) bond motifs is 1. The summed E-state index contributed by atoms with van der Waals surface area (Å²) in [6.07, 6.45) is 0.937. The van der Waals surface area contributed by atoms with E-state index in [4.69, 9.17) is 5.11 Å². The summed E-state index contributed by atoms with van der Waals surface area (Å²) in [5.74, 6) is 0.189. The van der Waals surface area contributed by atoms with E-state index < -0.39 is 5.97 Å². The van der Waals surface area contributed by atoms with Gasteiger partial charge in [-0.25, -0.2) is 0 Å². The summed E-state index contributed by atoms with van der Waals surface area (Å²) in [6.45, 7) is 4.29. The average Bonchev–Trinajstić information content (AvgIpc) is 2.31. The molecule has 3 nitrogen and oxygen atoms in total. The zero-order valence-corrected chi connectivity index (χ0v) is 11.0.